The number of oxime groups is 1. The summed E-state index contributed by atoms with van der Waals surface area (Å²) < 4.78 is 13.0. The van der Waals surface area contributed by atoms with Crippen LogP contribution in [0, 0.1) is 0 Å². The minimum atomic E-state index is -1.24. The zero-order valence-corrected chi connectivity index (χ0v) is 22.2. The number of carbonyl (C=O) groups excluding carboxylic acids is 1. The van der Waals surface area contributed by atoms with Gasteiger partial charge >= 0.3 is 35.5 Å². The fraction of sp³-hybridized carbons (Fsp3) is 0.333. The van der Waals surface area contributed by atoms with Gasteiger partial charge in [0.25, 0.3) is 5.91 Å². The van der Waals surface area contributed by atoms with Crippen molar-refractivity contribution in [2.45, 2.75) is 29.3 Å². The first kappa shape index (κ1) is 26.6. The molecule has 3 N–H and O–H groups in total. The van der Waals surface area contributed by atoms with Gasteiger partial charge in [-0.1, -0.05) is 16.9 Å². The summed E-state index contributed by atoms with van der Waals surface area (Å²) in [7, 11) is 0. The number of aliphatic imine (C=N–C) groups is 1. The van der Waals surface area contributed by atoms with E-state index in [9.17, 15) is 24.2 Å². The maximum atomic E-state index is 12.8. The third kappa shape index (κ3) is 5.44. The fourth-order valence-electron chi connectivity index (χ4n) is 3.38. The van der Waals surface area contributed by atoms with Crippen LogP contribution >= 0.6 is 34.4 Å². The number of carboxylic acids is 1. The molecule has 2 aromatic heterocycles. The van der Waals surface area contributed by atoms with Gasteiger partial charge in [-0.15, -0.1) is 22.7 Å². The van der Waals surface area contributed by atoms with E-state index in [-0.39, 0.29) is 58.4 Å². The number of hydrogen-bond donors (Lipinski definition) is 2. The number of allylic oxidation sites excluding steroid dienone is 1. The number of thioether (sulfide) groups is 1. The van der Waals surface area contributed by atoms with Crippen molar-refractivity contribution in [3.05, 3.63) is 33.3 Å². The van der Waals surface area contributed by atoms with Gasteiger partial charge in [0.2, 0.25) is 0 Å². The Balaban J connectivity index is 0.00000324. The molecule has 1 amide bonds. The molecule has 0 bridgehead atoms. The molecule has 1 fully saturated rings. The molecule has 4 rings (SSSR count). The van der Waals surface area contributed by atoms with E-state index in [4.69, 9.17) is 10.6 Å². The van der Waals surface area contributed by atoms with Gasteiger partial charge < -0.3 is 20.8 Å². The molecule has 0 unspecified atom stereocenters. The molecule has 2 aliphatic heterocycles. The number of β-lactam (4-membered cyclic amide) rings is 1. The molecule has 0 spiro atoms. The SMILES string of the molecule is Nc1nc(/C(=N\OCCF)C([O-])=N[C@@H]2C(=O)N3C(C(=O)O)=C(Sc4nccs4)CC[C@H]23)cs1.[Na+]. The normalized spacial score (nSPS) is 20.5. The Labute approximate surface area is 226 Å². The van der Waals surface area contributed by atoms with Crippen LogP contribution in [0.5, 0.6) is 0 Å². The van der Waals surface area contributed by atoms with Crippen molar-refractivity contribution < 1.29 is 58.6 Å². The molecule has 0 aromatic carbocycles. The number of carboxylic acid groups (broad SMARTS) is 1. The third-order valence-corrected chi connectivity index (χ3v) is 7.43. The molecule has 174 valence electrons. The predicted molar refractivity (Wildman–Crippen MR) is 119 cm³/mol. The summed E-state index contributed by atoms with van der Waals surface area (Å²) in [6.07, 6.45) is 2.43. The third-order valence-electron chi connectivity index (χ3n) is 4.73. The predicted octanol–water partition coefficient (Wildman–Crippen LogP) is -1.90. The molecule has 16 heteroatoms. The van der Waals surface area contributed by atoms with E-state index in [1.165, 1.54) is 33.4 Å². The van der Waals surface area contributed by atoms with Crippen LogP contribution in [0.3, 0.4) is 0 Å². The van der Waals surface area contributed by atoms with Crippen LogP contribution in [0.4, 0.5) is 9.52 Å². The van der Waals surface area contributed by atoms with E-state index in [0.717, 1.165) is 11.3 Å². The Morgan fingerprint density at radius 2 is 2.26 bits per heavy atom. The first-order valence-corrected chi connectivity index (χ1v) is 12.1. The minimum absolute atomic E-state index is 0. The second-order valence-corrected chi connectivity index (χ2v) is 9.83. The fourth-order valence-corrected chi connectivity index (χ4v) is 5.77. The Kier molecular flexibility index (Phi) is 9.06. The van der Waals surface area contributed by atoms with Gasteiger partial charge in [0.15, 0.2) is 9.47 Å². The van der Waals surface area contributed by atoms with Gasteiger partial charge in [0.05, 0.1) is 6.04 Å². The number of nitrogens with zero attached hydrogens (tertiary/aromatic N) is 5. The number of rotatable bonds is 9. The molecule has 2 aromatic rings. The van der Waals surface area contributed by atoms with Crippen molar-refractivity contribution in [1.82, 2.24) is 14.9 Å². The van der Waals surface area contributed by atoms with Gasteiger partial charge in [-0.3, -0.25) is 14.7 Å². The first-order chi connectivity index (χ1) is 15.9. The number of halogens is 1. The molecule has 1 saturated heterocycles. The van der Waals surface area contributed by atoms with E-state index >= 15 is 0 Å². The molecule has 4 heterocycles. The zero-order chi connectivity index (χ0) is 23.5. The standard InChI is InChI=1S/C18H17FN6O5S3.Na/c19-3-5-30-24-11(8-7-32-17(20)22-8)14(26)23-12-9-1-2-10(33-18-21-4-6-31-18)13(16(28)29)25(9)15(12)27;/h4,6-7,9,12H,1-3,5H2,(H2,20,22)(H,23,26)(H,28,29);/q;+1/p-1/b24-11+;/t9-,12+;/m1./s1. The van der Waals surface area contributed by atoms with Gasteiger partial charge in [0, 0.05) is 27.8 Å². The summed E-state index contributed by atoms with van der Waals surface area (Å²) in [5.41, 5.74) is 5.26. The molecule has 0 radical (unpaired) electrons. The first-order valence-electron chi connectivity index (χ1n) is 9.50. The molecular weight excluding hydrogens is 518 g/mol. The Bertz CT molecular complexity index is 1150. The van der Waals surface area contributed by atoms with Gasteiger partial charge in [0.1, 0.15) is 36.4 Å². The summed E-state index contributed by atoms with van der Waals surface area (Å²) in [5, 5.41) is 29.6. The monoisotopic (exact) mass is 534 g/mol. The number of thiazole rings is 2. The average Bonchev–Trinajstić information content (AvgIpc) is 3.46. The number of aromatic nitrogens is 2. The van der Waals surface area contributed by atoms with Crippen LogP contribution in [-0.2, 0) is 14.4 Å². The van der Waals surface area contributed by atoms with Crippen LogP contribution in [0.25, 0.3) is 0 Å². The Morgan fingerprint density at radius 1 is 1.47 bits per heavy atom. The van der Waals surface area contributed by atoms with Crippen LogP contribution in [0.2, 0.25) is 0 Å². The average molecular weight is 535 g/mol. The number of aliphatic carboxylic acids is 1. The second kappa shape index (κ2) is 11.6. The van der Waals surface area contributed by atoms with Crippen LogP contribution < -0.4 is 40.4 Å². The Morgan fingerprint density at radius 3 is 2.88 bits per heavy atom. The van der Waals surface area contributed by atoms with Crippen molar-refractivity contribution in [1.29, 1.82) is 0 Å². The van der Waals surface area contributed by atoms with Crippen LogP contribution in [0.15, 0.2) is 42.0 Å². The largest absolute Gasteiger partial charge is 1.00 e. The van der Waals surface area contributed by atoms with E-state index in [2.05, 4.69) is 20.1 Å². The smallest absolute Gasteiger partial charge is 0.857 e. The number of fused-ring (bicyclic) bond motifs is 1. The summed E-state index contributed by atoms with van der Waals surface area (Å²) in [5.74, 6) is -2.73. The molecule has 34 heavy (non-hydrogen) atoms. The molecule has 2 atom stereocenters. The van der Waals surface area contributed by atoms with Crippen molar-refractivity contribution in [2.75, 3.05) is 19.0 Å². The minimum Gasteiger partial charge on any atom is -0.857 e. The zero-order valence-electron chi connectivity index (χ0n) is 17.7. The molecular formula is C18H16FN6NaO5S3. The number of hydrogen-bond acceptors (Lipinski definition) is 12. The number of nitrogen functional groups attached to an aromatic ring is 1. The topological polar surface area (TPSA) is 166 Å². The van der Waals surface area contributed by atoms with Crippen molar-refractivity contribution in [2.24, 2.45) is 10.1 Å². The summed E-state index contributed by atoms with van der Waals surface area (Å²) in [6.45, 7) is -1.19. The number of nitrogens with two attached hydrogens (primary N) is 1. The number of alkyl halides is 1. The number of amides is 1. The molecule has 0 aliphatic carbocycles. The number of carbonyl (C=O) groups is 2. The van der Waals surface area contributed by atoms with E-state index in [1.54, 1.807) is 11.6 Å². The van der Waals surface area contributed by atoms with Crippen LogP contribution in [-0.4, -0.2) is 68.8 Å². The maximum Gasteiger partial charge on any atom is 1.00 e. The van der Waals surface area contributed by atoms with Crippen LogP contribution in [0.1, 0.15) is 18.5 Å². The summed E-state index contributed by atoms with van der Waals surface area (Å²) in [4.78, 5) is 43.3. The summed E-state index contributed by atoms with van der Waals surface area (Å²) >= 11 is 3.64. The maximum absolute atomic E-state index is 12.8. The van der Waals surface area contributed by atoms with E-state index in [0.29, 0.717) is 22.1 Å². The van der Waals surface area contributed by atoms with E-state index < -0.39 is 36.5 Å². The van der Waals surface area contributed by atoms with E-state index in [1.807, 2.05) is 0 Å². The van der Waals surface area contributed by atoms with Gasteiger partial charge in [-0.25, -0.2) is 19.2 Å². The second-order valence-electron chi connectivity index (χ2n) is 6.70. The van der Waals surface area contributed by atoms with Crippen molar-refractivity contribution in [3.63, 3.8) is 0 Å². The summed E-state index contributed by atoms with van der Waals surface area (Å²) in [6, 6.07) is -1.65. The molecule has 2 aliphatic rings. The van der Waals surface area contributed by atoms with Gasteiger partial charge in [-0.05, 0) is 12.8 Å². The van der Waals surface area contributed by atoms with Crippen molar-refractivity contribution >= 4 is 63.1 Å². The van der Waals surface area contributed by atoms with Gasteiger partial charge in [-0.2, -0.15) is 0 Å². The molecule has 11 nitrogen and oxygen atoms in total. The Hall–Kier alpha value is -2.04. The number of anilines is 1. The van der Waals surface area contributed by atoms with Crippen molar-refractivity contribution in [3.8, 4) is 0 Å². The quantitative estimate of drug-likeness (QED) is 0.0933. The molecule has 0 saturated carbocycles.